The molecule has 4 heteroatoms. The molecule has 4 unspecified atom stereocenters. The van der Waals surface area contributed by atoms with Crippen LogP contribution in [0.25, 0.3) is 0 Å². The molecule has 1 amide bonds. The Hall–Kier alpha value is -0.610. The van der Waals surface area contributed by atoms with Crippen molar-refractivity contribution in [3.8, 4) is 0 Å². The van der Waals surface area contributed by atoms with Crippen LogP contribution >= 0.6 is 0 Å². The Labute approximate surface area is 102 Å². The first-order chi connectivity index (χ1) is 8.11. The molecule has 2 heterocycles. The third-order valence-corrected chi connectivity index (χ3v) is 5.02. The van der Waals surface area contributed by atoms with Crippen LogP contribution < -0.4 is 5.73 Å². The smallest absolute Gasteiger partial charge is 0.232 e. The zero-order valence-electron chi connectivity index (χ0n) is 10.5. The average molecular weight is 238 g/mol. The van der Waals surface area contributed by atoms with E-state index in [-0.39, 0.29) is 11.9 Å². The lowest BCUT2D eigenvalue weighted by Gasteiger charge is -2.31. The Morgan fingerprint density at radius 2 is 2.00 bits per heavy atom. The van der Waals surface area contributed by atoms with Gasteiger partial charge in [0.1, 0.15) is 0 Å². The lowest BCUT2D eigenvalue weighted by molar-refractivity contribution is -0.141. The number of amides is 1. The summed E-state index contributed by atoms with van der Waals surface area (Å²) in [6, 6.07) is -0.143. The van der Waals surface area contributed by atoms with Crippen molar-refractivity contribution in [3.63, 3.8) is 0 Å². The van der Waals surface area contributed by atoms with Crippen LogP contribution in [-0.2, 0) is 9.53 Å². The molecule has 3 rings (SSSR count). The van der Waals surface area contributed by atoms with Gasteiger partial charge in [0.05, 0.1) is 18.6 Å². The van der Waals surface area contributed by atoms with E-state index in [4.69, 9.17) is 10.5 Å². The Morgan fingerprint density at radius 3 is 2.53 bits per heavy atom. The number of fused-ring (bicyclic) bond motifs is 1. The second-order valence-electron chi connectivity index (χ2n) is 6.20. The summed E-state index contributed by atoms with van der Waals surface area (Å²) >= 11 is 0. The topological polar surface area (TPSA) is 55.6 Å². The normalized spacial score (nSPS) is 45.3. The molecule has 3 fully saturated rings. The third-order valence-electron chi connectivity index (χ3n) is 5.02. The molecular formula is C13H22N2O2. The summed E-state index contributed by atoms with van der Waals surface area (Å²) in [5.41, 5.74) is 5.54. The highest BCUT2D eigenvalue weighted by Gasteiger charge is 2.49. The van der Waals surface area contributed by atoms with Gasteiger partial charge in [-0.3, -0.25) is 4.79 Å². The lowest BCUT2D eigenvalue weighted by Crippen LogP contribution is -2.51. The summed E-state index contributed by atoms with van der Waals surface area (Å²) in [5, 5.41) is 0. The summed E-state index contributed by atoms with van der Waals surface area (Å²) in [5.74, 6) is 1.72. The van der Waals surface area contributed by atoms with Crippen LogP contribution in [0.3, 0.4) is 0 Å². The van der Waals surface area contributed by atoms with Crippen LogP contribution in [0.2, 0.25) is 0 Å². The number of nitrogens with zero attached hydrogens (tertiary/aromatic N) is 1. The van der Waals surface area contributed by atoms with Gasteiger partial charge in [-0.1, -0.05) is 6.42 Å². The molecule has 2 aliphatic heterocycles. The van der Waals surface area contributed by atoms with Crippen molar-refractivity contribution in [2.75, 3.05) is 26.3 Å². The molecule has 1 aliphatic carbocycles. The van der Waals surface area contributed by atoms with Crippen molar-refractivity contribution < 1.29 is 9.53 Å². The Balaban J connectivity index is 1.71. The summed E-state index contributed by atoms with van der Waals surface area (Å²) < 4.78 is 5.37. The van der Waals surface area contributed by atoms with Crippen molar-refractivity contribution in [1.82, 2.24) is 4.90 Å². The van der Waals surface area contributed by atoms with E-state index in [2.05, 4.69) is 0 Å². The number of likely N-dealkylation sites (tertiary alicyclic amines) is 1. The van der Waals surface area contributed by atoms with Gasteiger partial charge in [-0.05, 0) is 31.6 Å². The monoisotopic (exact) mass is 238 g/mol. The van der Waals surface area contributed by atoms with Crippen LogP contribution in [0.1, 0.15) is 26.2 Å². The fraction of sp³-hybridized carbons (Fsp3) is 0.923. The van der Waals surface area contributed by atoms with E-state index in [9.17, 15) is 4.79 Å². The Kier molecular flexibility index (Phi) is 2.67. The van der Waals surface area contributed by atoms with Gasteiger partial charge in [0.25, 0.3) is 0 Å². The Bertz CT molecular complexity index is 321. The van der Waals surface area contributed by atoms with Crippen molar-refractivity contribution in [2.24, 2.45) is 23.0 Å². The summed E-state index contributed by atoms with van der Waals surface area (Å²) in [7, 11) is 0. The number of rotatable bonds is 1. The number of ether oxygens (including phenoxy) is 1. The zero-order valence-corrected chi connectivity index (χ0v) is 10.5. The highest BCUT2D eigenvalue weighted by molar-refractivity contribution is 5.84. The molecule has 96 valence electrons. The molecule has 3 aliphatic rings. The number of nitrogens with two attached hydrogens (primary N) is 1. The van der Waals surface area contributed by atoms with E-state index in [0.717, 1.165) is 24.9 Å². The number of hydrogen-bond acceptors (Lipinski definition) is 3. The Morgan fingerprint density at radius 1 is 1.35 bits per heavy atom. The standard InChI is InChI=1S/C13H22N2O2/c1-13(8-17-7-11(13)14)12(16)15-5-9-3-2-4-10(9)6-15/h9-11H,2-8,14H2,1H3. The van der Waals surface area contributed by atoms with Crippen molar-refractivity contribution in [3.05, 3.63) is 0 Å². The van der Waals surface area contributed by atoms with Gasteiger partial charge in [0.15, 0.2) is 0 Å². The zero-order chi connectivity index (χ0) is 12.0. The second-order valence-corrected chi connectivity index (χ2v) is 6.20. The van der Waals surface area contributed by atoms with Gasteiger partial charge in [0, 0.05) is 19.1 Å². The van der Waals surface area contributed by atoms with E-state index >= 15 is 0 Å². The maximum Gasteiger partial charge on any atom is 0.232 e. The van der Waals surface area contributed by atoms with Crippen LogP contribution in [-0.4, -0.2) is 43.2 Å². The maximum absolute atomic E-state index is 12.6. The van der Waals surface area contributed by atoms with E-state index < -0.39 is 5.41 Å². The molecule has 17 heavy (non-hydrogen) atoms. The van der Waals surface area contributed by atoms with Crippen LogP contribution in [0.5, 0.6) is 0 Å². The van der Waals surface area contributed by atoms with Crippen LogP contribution in [0.15, 0.2) is 0 Å². The highest BCUT2D eigenvalue weighted by atomic mass is 16.5. The molecule has 0 aromatic rings. The minimum atomic E-state index is -0.487. The first-order valence-corrected chi connectivity index (χ1v) is 6.74. The van der Waals surface area contributed by atoms with E-state index in [1.165, 1.54) is 19.3 Å². The van der Waals surface area contributed by atoms with Gasteiger partial charge in [-0.15, -0.1) is 0 Å². The fourth-order valence-electron chi connectivity index (χ4n) is 3.67. The van der Waals surface area contributed by atoms with Crippen molar-refractivity contribution in [1.29, 1.82) is 0 Å². The van der Waals surface area contributed by atoms with E-state index in [0.29, 0.717) is 13.2 Å². The van der Waals surface area contributed by atoms with Crippen LogP contribution in [0, 0.1) is 17.3 Å². The number of carbonyl (C=O) groups excluding carboxylic acids is 1. The molecule has 2 saturated heterocycles. The molecule has 4 nitrogen and oxygen atoms in total. The van der Waals surface area contributed by atoms with Gasteiger partial charge in [-0.2, -0.15) is 0 Å². The summed E-state index contributed by atoms with van der Waals surface area (Å²) in [6.07, 6.45) is 3.94. The molecule has 2 N–H and O–H groups in total. The van der Waals surface area contributed by atoms with Gasteiger partial charge >= 0.3 is 0 Å². The molecule has 4 atom stereocenters. The second kappa shape index (κ2) is 3.95. The molecule has 0 spiro atoms. The molecule has 0 aromatic heterocycles. The van der Waals surface area contributed by atoms with Crippen molar-refractivity contribution in [2.45, 2.75) is 32.2 Å². The lowest BCUT2D eigenvalue weighted by atomic mass is 9.84. The SMILES string of the molecule is CC1(C(=O)N2CC3CCCC3C2)COCC1N. The predicted molar refractivity (Wildman–Crippen MR) is 64.3 cm³/mol. The minimum Gasteiger partial charge on any atom is -0.379 e. The fourth-order valence-corrected chi connectivity index (χ4v) is 3.67. The number of carbonyl (C=O) groups is 1. The first kappa shape index (κ1) is 11.5. The molecule has 0 bridgehead atoms. The predicted octanol–water partition coefficient (Wildman–Crippen LogP) is 0.609. The molecule has 0 aromatic carbocycles. The summed E-state index contributed by atoms with van der Waals surface area (Å²) in [4.78, 5) is 14.6. The molecular weight excluding hydrogens is 216 g/mol. The highest BCUT2D eigenvalue weighted by Crippen LogP contribution is 2.40. The largest absolute Gasteiger partial charge is 0.379 e. The van der Waals surface area contributed by atoms with Gasteiger partial charge in [-0.25, -0.2) is 0 Å². The molecule has 0 radical (unpaired) electrons. The number of hydrogen-bond donors (Lipinski definition) is 1. The van der Waals surface area contributed by atoms with Gasteiger partial charge < -0.3 is 15.4 Å². The first-order valence-electron chi connectivity index (χ1n) is 6.74. The minimum absolute atomic E-state index is 0.143. The van der Waals surface area contributed by atoms with E-state index in [1.54, 1.807) is 0 Å². The maximum atomic E-state index is 12.6. The van der Waals surface area contributed by atoms with Crippen LogP contribution in [0.4, 0.5) is 0 Å². The average Bonchev–Trinajstić information content (AvgIpc) is 2.93. The van der Waals surface area contributed by atoms with Crippen molar-refractivity contribution >= 4 is 5.91 Å². The quantitative estimate of drug-likeness (QED) is 0.728. The molecule has 1 saturated carbocycles. The van der Waals surface area contributed by atoms with Gasteiger partial charge in [0.2, 0.25) is 5.91 Å². The third kappa shape index (κ3) is 1.69. The summed E-state index contributed by atoms with van der Waals surface area (Å²) in [6.45, 7) is 4.86. The van der Waals surface area contributed by atoms with E-state index in [1.807, 2.05) is 11.8 Å².